The maximum atomic E-state index is 4.83. The summed E-state index contributed by atoms with van der Waals surface area (Å²) in [5.74, 6) is 0. The predicted molar refractivity (Wildman–Crippen MR) is 222 cm³/mol. The third-order valence-corrected chi connectivity index (χ3v) is 9.68. The summed E-state index contributed by atoms with van der Waals surface area (Å²) in [5.41, 5.74) is 19.8. The fraction of sp³-hybridized carbons (Fsp3) is 0.0800. The Kier molecular flexibility index (Phi) is 9.51. The Labute approximate surface area is 301 Å². The van der Waals surface area contributed by atoms with E-state index < -0.39 is 0 Å². The van der Waals surface area contributed by atoms with Gasteiger partial charge in [0.25, 0.3) is 0 Å². The smallest absolute Gasteiger partial charge is 0.0625 e. The van der Waals surface area contributed by atoms with Crippen molar-refractivity contribution in [3.63, 3.8) is 0 Å². The number of hydrogen-bond donors (Lipinski definition) is 0. The molecular weight excluding hydrogens is 615 g/mol. The lowest BCUT2D eigenvalue weighted by molar-refractivity contribution is 1.23. The number of fused-ring (bicyclic) bond motifs is 4. The standard InChI is InChI=1S/C50H41N/c1-6-38(44-26-16-14-20-35(44)3)30-31-43(7-2)51-48-29-19-18-28-46(48)47-34-41-25-15-17-27-45(41)49(50(47)51)37(5)33-42(40-23-12-9-13-24-40)32-36(4)39-21-10-8-11-22-39/h6-7,9-10,12-34H,5H2,1-4H3/b31-30-,36-32+,38-6-,42-33+,43-7+. The van der Waals surface area contributed by atoms with Crippen molar-refractivity contribution in [2.45, 2.75) is 27.7 Å². The van der Waals surface area contributed by atoms with E-state index in [1.54, 1.807) is 0 Å². The highest BCUT2D eigenvalue weighted by molar-refractivity contribution is 6.20. The highest BCUT2D eigenvalue weighted by Gasteiger charge is 2.20. The molecule has 0 amide bonds. The molecule has 0 saturated carbocycles. The molecule has 0 aliphatic heterocycles. The third kappa shape index (κ3) is 6.53. The van der Waals surface area contributed by atoms with Crippen molar-refractivity contribution in [3.8, 4) is 0 Å². The van der Waals surface area contributed by atoms with Crippen molar-refractivity contribution >= 4 is 55.0 Å². The molecule has 5 aromatic carbocycles. The normalized spacial score (nSPS) is 14.0. The molecule has 0 atom stereocenters. The zero-order chi connectivity index (χ0) is 35.3. The van der Waals surface area contributed by atoms with Crippen LogP contribution in [-0.4, -0.2) is 4.57 Å². The highest BCUT2D eigenvalue weighted by atomic mass is 15.0. The maximum Gasteiger partial charge on any atom is 0.0625 e. The number of para-hydroxylation sites is 1. The molecule has 0 radical (unpaired) electrons. The molecule has 0 unspecified atom stereocenters. The van der Waals surface area contributed by atoms with Crippen LogP contribution in [0.2, 0.25) is 0 Å². The van der Waals surface area contributed by atoms with Gasteiger partial charge in [0.2, 0.25) is 0 Å². The second-order valence-corrected chi connectivity index (χ2v) is 12.9. The van der Waals surface area contributed by atoms with Gasteiger partial charge < -0.3 is 4.57 Å². The molecule has 7 rings (SSSR count). The van der Waals surface area contributed by atoms with E-state index in [9.17, 15) is 0 Å². The van der Waals surface area contributed by atoms with Crippen LogP contribution in [0.1, 0.15) is 43.0 Å². The Bertz CT molecular complexity index is 2630. The van der Waals surface area contributed by atoms with Gasteiger partial charge in [0.1, 0.15) is 0 Å². The van der Waals surface area contributed by atoms with Gasteiger partial charge in [-0.15, -0.1) is 0 Å². The number of nitrogens with zero attached hydrogens (tertiary/aromatic N) is 1. The monoisotopic (exact) mass is 655 g/mol. The molecule has 0 spiro atoms. The highest BCUT2D eigenvalue weighted by Crippen LogP contribution is 2.41. The van der Waals surface area contributed by atoms with Crippen molar-refractivity contribution < 1.29 is 0 Å². The van der Waals surface area contributed by atoms with Gasteiger partial charge in [0, 0.05) is 22.0 Å². The van der Waals surface area contributed by atoms with Gasteiger partial charge in [-0.05, 0) is 126 Å². The molecule has 246 valence electrons. The molecule has 0 N–H and O–H groups in total. The van der Waals surface area contributed by atoms with Crippen molar-refractivity contribution in [1.29, 1.82) is 0 Å². The Balaban J connectivity index is 1.48. The minimum absolute atomic E-state index is 0.949. The topological polar surface area (TPSA) is 4.93 Å². The van der Waals surface area contributed by atoms with Crippen LogP contribution in [0.4, 0.5) is 0 Å². The number of aromatic nitrogens is 1. The maximum absolute atomic E-state index is 4.83. The van der Waals surface area contributed by atoms with Crippen LogP contribution >= 0.6 is 0 Å². The van der Waals surface area contributed by atoms with E-state index in [4.69, 9.17) is 6.58 Å². The molecule has 1 heterocycles. The van der Waals surface area contributed by atoms with E-state index in [2.05, 4.69) is 195 Å². The average Bonchev–Trinajstić information content (AvgIpc) is 3.50. The molecule has 1 aromatic heterocycles. The van der Waals surface area contributed by atoms with Crippen LogP contribution in [0.3, 0.4) is 0 Å². The van der Waals surface area contributed by atoms with E-state index in [-0.39, 0.29) is 0 Å². The molecule has 51 heavy (non-hydrogen) atoms. The van der Waals surface area contributed by atoms with Crippen molar-refractivity contribution in [2.24, 2.45) is 0 Å². The van der Waals surface area contributed by atoms with Crippen LogP contribution in [0, 0.1) is 6.92 Å². The van der Waals surface area contributed by atoms with Gasteiger partial charge in [0.15, 0.2) is 0 Å². The largest absolute Gasteiger partial charge is 0.309 e. The molecular formula is C50H41N. The molecule has 1 heteroatoms. The number of rotatable bonds is 9. The minimum atomic E-state index is 0.949. The van der Waals surface area contributed by atoms with Crippen LogP contribution < -0.4 is 0 Å². The van der Waals surface area contributed by atoms with E-state index in [1.165, 1.54) is 38.2 Å². The summed E-state index contributed by atoms with van der Waals surface area (Å²) in [6, 6.07) is 38.9. The first-order chi connectivity index (χ1) is 25.0. The molecule has 0 bridgehead atoms. The van der Waals surface area contributed by atoms with E-state index in [0.29, 0.717) is 0 Å². The summed E-state index contributed by atoms with van der Waals surface area (Å²) in [4.78, 5) is 0. The van der Waals surface area contributed by atoms with E-state index in [1.807, 2.05) is 12.2 Å². The predicted octanol–water partition coefficient (Wildman–Crippen LogP) is 13.6. The molecule has 0 fully saturated rings. The second kappa shape index (κ2) is 14.6. The summed E-state index contributed by atoms with van der Waals surface area (Å²) in [6.07, 6.45) is 19.4. The van der Waals surface area contributed by atoms with Gasteiger partial charge in [-0.25, -0.2) is 0 Å². The Morgan fingerprint density at radius 2 is 1.43 bits per heavy atom. The fourth-order valence-electron chi connectivity index (χ4n) is 7.11. The van der Waals surface area contributed by atoms with Gasteiger partial charge in [-0.3, -0.25) is 0 Å². The lowest BCUT2D eigenvalue weighted by Gasteiger charge is -2.16. The van der Waals surface area contributed by atoms with Crippen molar-refractivity contribution in [3.05, 3.63) is 215 Å². The first kappa shape index (κ1) is 33.2. The third-order valence-electron chi connectivity index (χ3n) is 9.68. The zero-order valence-corrected chi connectivity index (χ0v) is 29.7. The number of aryl methyl sites for hydroxylation is 1. The molecule has 1 nitrogen and oxygen atoms in total. The molecule has 1 aliphatic carbocycles. The van der Waals surface area contributed by atoms with Crippen LogP contribution in [0.15, 0.2) is 193 Å². The molecule has 6 aromatic rings. The number of allylic oxidation sites excluding steroid dienone is 15. The zero-order valence-electron chi connectivity index (χ0n) is 29.7. The first-order valence-corrected chi connectivity index (χ1v) is 17.5. The first-order valence-electron chi connectivity index (χ1n) is 17.5. The van der Waals surface area contributed by atoms with Gasteiger partial charge in [-0.1, -0.05) is 139 Å². The van der Waals surface area contributed by atoms with Gasteiger partial charge in [0.05, 0.1) is 11.0 Å². The summed E-state index contributed by atoms with van der Waals surface area (Å²) < 4.78 is 2.42. The Morgan fingerprint density at radius 3 is 2.18 bits per heavy atom. The lowest BCUT2D eigenvalue weighted by atomic mass is 9.92. The summed E-state index contributed by atoms with van der Waals surface area (Å²) in [5, 5.41) is 4.78. The Morgan fingerprint density at radius 1 is 0.706 bits per heavy atom. The summed E-state index contributed by atoms with van der Waals surface area (Å²) in [7, 11) is 0. The summed E-state index contributed by atoms with van der Waals surface area (Å²) >= 11 is 0. The van der Waals surface area contributed by atoms with E-state index in [0.717, 1.165) is 50.1 Å². The van der Waals surface area contributed by atoms with Gasteiger partial charge >= 0.3 is 0 Å². The molecule has 1 aliphatic rings. The van der Waals surface area contributed by atoms with Crippen LogP contribution in [0.5, 0.6) is 0 Å². The van der Waals surface area contributed by atoms with Crippen LogP contribution in [-0.2, 0) is 0 Å². The van der Waals surface area contributed by atoms with Gasteiger partial charge in [-0.2, -0.15) is 0 Å². The lowest BCUT2D eigenvalue weighted by Crippen LogP contribution is -1.99. The second-order valence-electron chi connectivity index (χ2n) is 12.9. The quantitative estimate of drug-likeness (QED) is 0.108. The van der Waals surface area contributed by atoms with Crippen molar-refractivity contribution in [1.82, 2.24) is 4.57 Å². The minimum Gasteiger partial charge on any atom is -0.309 e. The fourth-order valence-corrected chi connectivity index (χ4v) is 7.11. The van der Waals surface area contributed by atoms with Crippen molar-refractivity contribution in [2.75, 3.05) is 0 Å². The summed E-state index contributed by atoms with van der Waals surface area (Å²) in [6.45, 7) is 13.4. The Hall–Kier alpha value is -6.36. The number of benzene rings is 5. The average molecular weight is 656 g/mol. The molecule has 0 saturated heterocycles. The number of hydrogen-bond acceptors (Lipinski definition) is 0. The van der Waals surface area contributed by atoms with Crippen LogP contribution in [0.25, 0.3) is 55.0 Å². The SMILES string of the molecule is C=C(/C=C(\C=C(/C)C1=CC=C=C=C1)c1ccccc1)c1c2ccccc2cc2c3ccccc3n(C(/C=C\C(=C\C)c3ccccc3C)=C/C)c12. The van der Waals surface area contributed by atoms with E-state index >= 15 is 0 Å².